The summed E-state index contributed by atoms with van der Waals surface area (Å²) in [7, 11) is 3.07. The van der Waals surface area contributed by atoms with Gasteiger partial charge < -0.3 is 24.0 Å². The molecule has 1 aliphatic heterocycles. The molecule has 8 heteroatoms. The van der Waals surface area contributed by atoms with E-state index >= 15 is 0 Å². The molecule has 1 saturated heterocycles. The average molecular weight is 462 g/mol. The number of aliphatic hydroxyl groups excluding tert-OH is 1. The van der Waals surface area contributed by atoms with Crippen LogP contribution in [0, 0.1) is 6.92 Å². The molecule has 4 rings (SSSR count). The minimum atomic E-state index is -0.801. The van der Waals surface area contributed by atoms with Crippen LogP contribution >= 0.6 is 0 Å². The number of benzene rings is 2. The van der Waals surface area contributed by atoms with Crippen LogP contribution in [0.2, 0.25) is 0 Å². The Bertz CT molecular complexity index is 1220. The molecule has 0 saturated carbocycles. The molecule has 1 N–H and O–H groups in total. The van der Waals surface area contributed by atoms with Crippen LogP contribution in [0.5, 0.6) is 11.5 Å². The van der Waals surface area contributed by atoms with Crippen LogP contribution in [0.3, 0.4) is 0 Å². The number of hydrogen-bond acceptors (Lipinski definition) is 6. The molecule has 2 aromatic carbocycles. The lowest BCUT2D eigenvalue weighted by molar-refractivity contribution is -0.140. The summed E-state index contributed by atoms with van der Waals surface area (Å²) < 4.78 is 12.8. The van der Waals surface area contributed by atoms with Crippen molar-refractivity contribution in [3.8, 4) is 11.5 Å². The summed E-state index contributed by atoms with van der Waals surface area (Å²) in [5, 5.41) is 11.2. The number of likely N-dealkylation sites (tertiary alicyclic amines) is 1. The van der Waals surface area contributed by atoms with Gasteiger partial charge in [-0.1, -0.05) is 29.8 Å². The number of rotatable bonds is 8. The Morgan fingerprint density at radius 1 is 1.06 bits per heavy atom. The normalized spacial score (nSPS) is 17.3. The molecule has 1 aromatic heterocycles. The fourth-order valence-electron chi connectivity index (χ4n) is 4.19. The van der Waals surface area contributed by atoms with Gasteiger partial charge in [-0.15, -0.1) is 0 Å². The molecule has 8 nitrogen and oxygen atoms in total. The Morgan fingerprint density at radius 2 is 1.82 bits per heavy atom. The maximum Gasteiger partial charge on any atom is 0.295 e. The molecule has 0 bridgehead atoms. The van der Waals surface area contributed by atoms with Crippen molar-refractivity contribution in [3.05, 3.63) is 83.4 Å². The van der Waals surface area contributed by atoms with Crippen molar-refractivity contribution in [2.24, 2.45) is 0 Å². The zero-order chi connectivity index (χ0) is 24.2. The molecule has 0 aliphatic carbocycles. The number of aliphatic hydroxyl groups is 1. The predicted molar refractivity (Wildman–Crippen MR) is 127 cm³/mol. The molecule has 0 spiro atoms. The number of nitrogens with zero attached hydrogens (tertiary/aromatic N) is 3. The van der Waals surface area contributed by atoms with Gasteiger partial charge in [0.05, 0.1) is 32.2 Å². The highest BCUT2D eigenvalue weighted by atomic mass is 16.5. The monoisotopic (exact) mass is 461 g/mol. The van der Waals surface area contributed by atoms with E-state index in [-0.39, 0.29) is 11.3 Å². The first-order valence-corrected chi connectivity index (χ1v) is 11.0. The van der Waals surface area contributed by atoms with E-state index in [0.29, 0.717) is 42.1 Å². The van der Waals surface area contributed by atoms with E-state index in [4.69, 9.17) is 9.47 Å². The zero-order valence-corrected chi connectivity index (χ0v) is 19.4. The number of hydrogen-bond donors (Lipinski definition) is 1. The van der Waals surface area contributed by atoms with Crippen molar-refractivity contribution in [3.63, 3.8) is 0 Å². The quantitative estimate of drug-likeness (QED) is 0.312. The van der Waals surface area contributed by atoms with Crippen LogP contribution < -0.4 is 9.47 Å². The first-order chi connectivity index (χ1) is 16.4. The van der Waals surface area contributed by atoms with E-state index in [9.17, 15) is 14.7 Å². The number of Topliss-reactive ketones (excluding diaryl/α,β-unsaturated/α-hetero) is 1. The van der Waals surface area contributed by atoms with Crippen LogP contribution in [0.15, 0.2) is 66.8 Å². The van der Waals surface area contributed by atoms with Gasteiger partial charge in [0.15, 0.2) is 0 Å². The second-order valence-corrected chi connectivity index (χ2v) is 8.12. The molecule has 34 heavy (non-hydrogen) atoms. The topological polar surface area (TPSA) is 93.9 Å². The summed E-state index contributed by atoms with van der Waals surface area (Å²) in [6, 6.07) is 11.6. The number of carbonyl (C=O) groups is 2. The lowest BCUT2D eigenvalue weighted by Crippen LogP contribution is -2.31. The number of ether oxygens (including phenoxy) is 2. The third kappa shape index (κ3) is 4.39. The summed E-state index contributed by atoms with van der Waals surface area (Å²) in [5.74, 6) is -0.541. The Balaban J connectivity index is 1.79. The average Bonchev–Trinajstić information content (AvgIpc) is 3.46. The molecule has 176 valence electrons. The summed E-state index contributed by atoms with van der Waals surface area (Å²) in [6.45, 7) is 2.88. The highest BCUT2D eigenvalue weighted by molar-refractivity contribution is 6.46. The van der Waals surface area contributed by atoms with Crippen LogP contribution in [-0.4, -0.2) is 52.0 Å². The van der Waals surface area contributed by atoms with Gasteiger partial charge in [-0.3, -0.25) is 9.59 Å². The number of aromatic nitrogens is 2. The number of ketones is 1. The van der Waals surface area contributed by atoms with Crippen molar-refractivity contribution in [1.82, 2.24) is 14.5 Å². The van der Waals surface area contributed by atoms with Crippen molar-refractivity contribution < 1.29 is 24.2 Å². The fourth-order valence-corrected chi connectivity index (χ4v) is 4.19. The molecular formula is C26H27N3O5. The van der Waals surface area contributed by atoms with E-state index in [1.54, 1.807) is 50.0 Å². The number of methoxy groups -OCH3 is 2. The molecule has 1 unspecified atom stereocenters. The van der Waals surface area contributed by atoms with E-state index in [1.807, 2.05) is 29.8 Å². The molecule has 1 atom stereocenters. The summed E-state index contributed by atoms with van der Waals surface area (Å²) in [5.41, 5.74) is 2.13. The second-order valence-electron chi connectivity index (χ2n) is 8.12. The third-order valence-electron chi connectivity index (χ3n) is 5.97. The molecular weight excluding hydrogens is 434 g/mol. The maximum absolute atomic E-state index is 13.2. The number of amides is 1. The summed E-state index contributed by atoms with van der Waals surface area (Å²) >= 11 is 0. The maximum atomic E-state index is 13.2. The molecule has 0 radical (unpaired) electrons. The van der Waals surface area contributed by atoms with Crippen LogP contribution in [-0.2, 0) is 16.1 Å². The van der Waals surface area contributed by atoms with E-state index in [1.165, 1.54) is 12.0 Å². The number of carbonyl (C=O) groups excluding carboxylic acids is 2. The van der Waals surface area contributed by atoms with Gasteiger partial charge >= 0.3 is 0 Å². The minimum Gasteiger partial charge on any atom is -0.507 e. The lowest BCUT2D eigenvalue weighted by atomic mass is 9.94. The Labute approximate surface area is 198 Å². The smallest absolute Gasteiger partial charge is 0.295 e. The van der Waals surface area contributed by atoms with Crippen molar-refractivity contribution in [1.29, 1.82) is 0 Å². The second kappa shape index (κ2) is 9.82. The van der Waals surface area contributed by atoms with Crippen molar-refractivity contribution >= 4 is 17.4 Å². The fraction of sp³-hybridized carbons (Fsp3) is 0.269. The molecule has 1 amide bonds. The van der Waals surface area contributed by atoms with Crippen LogP contribution in [0.1, 0.15) is 29.2 Å². The first kappa shape index (κ1) is 23.1. The highest BCUT2D eigenvalue weighted by Gasteiger charge is 2.46. The van der Waals surface area contributed by atoms with Gasteiger partial charge in [0.25, 0.3) is 11.7 Å². The summed E-state index contributed by atoms with van der Waals surface area (Å²) in [6.07, 6.45) is 5.84. The largest absolute Gasteiger partial charge is 0.507 e. The predicted octanol–water partition coefficient (Wildman–Crippen LogP) is 3.72. The van der Waals surface area contributed by atoms with Gasteiger partial charge in [-0.2, -0.15) is 0 Å². The Morgan fingerprint density at radius 3 is 2.47 bits per heavy atom. The zero-order valence-electron chi connectivity index (χ0n) is 19.4. The van der Waals surface area contributed by atoms with Crippen LogP contribution in [0.4, 0.5) is 0 Å². The SMILES string of the molecule is COc1ccc(C2/C(=C(\O)c3ccc(C)cc3)C(=O)C(=O)N2CCCn2ccnc2)c(OC)c1. The molecule has 2 heterocycles. The number of imidazole rings is 1. The minimum absolute atomic E-state index is 0.0416. The third-order valence-corrected chi connectivity index (χ3v) is 5.97. The van der Waals surface area contributed by atoms with E-state index in [2.05, 4.69) is 4.98 Å². The van der Waals surface area contributed by atoms with Gasteiger partial charge in [0.1, 0.15) is 17.3 Å². The van der Waals surface area contributed by atoms with Gasteiger partial charge in [0.2, 0.25) is 0 Å². The van der Waals surface area contributed by atoms with Gasteiger partial charge in [-0.25, -0.2) is 4.98 Å². The Kier molecular flexibility index (Phi) is 6.67. The lowest BCUT2D eigenvalue weighted by Gasteiger charge is -2.27. The standard InChI is InChI=1S/C26H27N3O5/c1-17-5-7-18(8-6-17)24(30)22-23(20-10-9-19(33-2)15-21(20)34-3)29(26(32)25(22)31)13-4-12-28-14-11-27-16-28/h5-11,14-16,23,30H,4,12-13H2,1-3H3/b24-22+. The van der Waals surface area contributed by atoms with Gasteiger partial charge in [-0.05, 0) is 25.5 Å². The van der Waals surface area contributed by atoms with Crippen molar-refractivity contribution in [2.45, 2.75) is 25.9 Å². The molecule has 1 fully saturated rings. The molecule has 1 aliphatic rings. The van der Waals surface area contributed by atoms with Crippen LogP contribution in [0.25, 0.3) is 5.76 Å². The first-order valence-electron chi connectivity index (χ1n) is 11.0. The van der Waals surface area contributed by atoms with E-state index < -0.39 is 17.7 Å². The van der Waals surface area contributed by atoms with Crippen molar-refractivity contribution in [2.75, 3.05) is 20.8 Å². The highest BCUT2D eigenvalue weighted by Crippen LogP contribution is 2.43. The van der Waals surface area contributed by atoms with Gasteiger partial charge in [0, 0.05) is 42.7 Å². The molecule has 3 aromatic rings. The van der Waals surface area contributed by atoms with E-state index in [0.717, 1.165) is 5.56 Å². The number of aryl methyl sites for hydroxylation is 2. The summed E-state index contributed by atoms with van der Waals surface area (Å²) in [4.78, 5) is 31.9. The Hall–Kier alpha value is -4.07.